The third kappa shape index (κ3) is 2.39. The summed E-state index contributed by atoms with van der Waals surface area (Å²) in [6.45, 7) is 2.91. The molecule has 90 valence electrons. The molecule has 1 aliphatic heterocycles. The second-order valence-electron chi connectivity index (χ2n) is 4.10. The van der Waals surface area contributed by atoms with Crippen molar-refractivity contribution in [2.75, 3.05) is 5.75 Å². The fraction of sp³-hybridized carbons (Fsp3) is 0.727. The summed E-state index contributed by atoms with van der Waals surface area (Å²) in [4.78, 5) is 0. The Morgan fingerprint density at radius 1 is 1.75 bits per heavy atom. The van der Waals surface area contributed by atoms with E-state index in [-0.39, 0.29) is 5.25 Å². The lowest BCUT2D eigenvalue weighted by atomic mass is 10.1. The van der Waals surface area contributed by atoms with Crippen LogP contribution in [0.15, 0.2) is 6.20 Å². The standard InChI is InChI=1S/C11H17ClN2OS/c1-2-5-14-10(8(12)7-13-14)11(15)9-4-3-6-16-9/h7,9,11,15H,2-6H2,1H3. The van der Waals surface area contributed by atoms with Crippen molar-refractivity contribution in [2.45, 2.75) is 44.1 Å². The van der Waals surface area contributed by atoms with Crippen LogP contribution < -0.4 is 0 Å². The molecule has 2 rings (SSSR count). The van der Waals surface area contributed by atoms with Crippen LogP contribution in [0.2, 0.25) is 5.02 Å². The van der Waals surface area contributed by atoms with Crippen LogP contribution in [0.4, 0.5) is 0 Å². The Bertz CT molecular complexity index is 350. The van der Waals surface area contributed by atoms with Gasteiger partial charge in [0, 0.05) is 11.8 Å². The highest BCUT2D eigenvalue weighted by Crippen LogP contribution is 2.38. The van der Waals surface area contributed by atoms with E-state index in [1.54, 1.807) is 6.20 Å². The molecule has 1 N–H and O–H groups in total. The van der Waals surface area contributed by atoms with Gasteiger partial charge in [0.1, 0.15) is 6.10 Å². The van der Waals surface area contributed by atoms with E-state index >= 15 is 0 Å². The lowest BCUT2D eigenvalue weighted by molar-refractivity contribution is 0.161. The molecule has 0 saturated carbocycles. The Morgan fingerprint density at radius 3 is 3.19 bits per heavy atom. The first-order chi connectivity index (χ1) is 7.74. The highest BCUT2D eigenvalue weighted by atomic mass is 35.5. The molecule has 16 heavy (non-hydrogen) atoms. The molecular formula is C11H17ClN2OS. The van der Waals surface area contributed by atoms with Crippen LogP contribution >= 0.6 is 23.4 Å². The number of halogens is 1. The molecule has 1 aromatic heterocycles. The van der Waals surface area contributed by atoms with Crippen molar-refractivity contribution < 1.29 is 5.11 Å². The molecule has 0 aromatic carbocycles. The van der Waals surface area contributed by atoms with Crippen LogP contribution in [0, 0.1) is 0 Å². The maximum Gasteiger partial charge on any atom is 0.109 e. The molecule has 1 fully saturated rings. The predicted molar refractivity (Wildman–Crippen MR) is 68.0 cm³/mol. The van der Waals surface area contributed by atoms with Crippen molar-refractivity contribution >= 4 is 23.4 Å². The van der Waals surface area contributed by atoms with Crippen LogP contribution in [0.3, 0.4) is 0 Å². The Morgan fingerprint density at radius 2 is 2.56 bits per heavy atom. The van der Waals surface area contributed by atoms with Crippen molar-refractivity contribution in [1.82, 2.24) is 9.78 Å². The highest BCUT2D eigenvalue weighted by Gasteiger charge is 2.29. The van der Waals surface area contributed by atoms with Gasteiger partial charge in [-0.25, -0.2) is 0 Å². The summed E-state index contributed by atoms with van der Waals surface area (Å²) in [6.07, 6.45) is 4.41. The molecule has 5 heteroatoms. The maximum atomic E-state index is 10.3. The topological polar surface area (TPSA) is 38.0 Å². The average Bonchev–Trinajstić information content (AvgIpc) is 2.88. The summed E-state index contributed by atoms with van der Waals surface area (Å²) < 4.78 is 1.84. The van der Waals surface area contributed by atoms with E-state index in [0.717, 1.165) is 30.8 Å². The summed E-state index contributed by atoms with van der Waals surface area (Å²) in [5.74, 6) is 1.14. The van der Waals surface area contributed by atoms with Crippen molar-refractivity contribution in [3.8, 4) is 0 Å². The Balaban J connectivity index is 2.19. The van der Waals surface area contributed by atoms with Gasteiger partial charge < -0.3 is 5.11 Å². The van der Waals surface area contributed by atoms with Gasteiger partial charge in [-0.1, -0.05) is 18.5 Å². The number of nitrogens with zero attached hydrogens (tertiary/aromatic N) is 2. The van der Waals surface area contributed by atoms with Crippen molar-refractivity contribution in [1.29, 1.82) is 0 Å². The minimum Gasteiger partial charge on any atom is -0.386 e. The zero-order valence-electron chi connectivity index (χ0n) is 9.40. The van der Waals surface area contributed by atoms with Gasteiger partial charge in [0.15, 0.2) is 0 Å². The normalized spacial score (nSPS) is 22.6. The Kier molecular flexibility index (Phi) is 4.16. The highest BCUT2D eigenvalue weighted by molar-refractivity contribution is 8.00. The molecule has 1 saturated heterocycles. The molecule has 0 amide bonds. The first-order valence-electron chi connectivity index (χ1n) is 5.75. The first-order valence-corrected chi connectivity index (χ1v) is 7.17. The van der Waals surface area contributed by atoms with Gasteiger partial charge in [-0.05, 0) is 25.0 Å². The fourth-order valence-electron chi connectivity index (χ4n) is 2.08. The zero-order chi connectivity index (χ0) is 11.5. The van der Waals surface area contributed by atoms with E-state index in [9.17, 15) is 5.11 Å². The molecule has 3 nitrogen and oxygen atoms in total. The molecule has 2 atom stereocenters. The second-order valence-corrected chi connectivity index (χ2v) is 5.85. The molecule has 0 bridgehead atoms. The minimum atomic E-state index is -0.478. The second kappa shape index (κ2) is 5.43. The summed E-state index contributed by atoms with van der Waals surface area (Å²) in [7, 11) is 0. The summed E-state index contributed by atoms with van der Waals surface area (Å²) in [6, 6.07) is 0. The van der Waals surface area contributed by atoms with E-state index in [1.807, 2.05) is 16.4 Å². The van der Waals surface area contributed by atoms with E-state index < -0.39 is 6.10 Å². The van der Waals surface area contributed by atoms with Crippen molar-refractivity contribution in [2.24, 2.45) is 0 Å². The van der Waals surface area contributed by atoms with Crippen molar-refractivity contribution in [3.05, 3.63) is 16.9 Å². The third-order valence-corrected chi connectivity index (χ3v) is 4.60. The SMILES string of the molecule is CCCn1ncc(Cl)c1C(O)C1CCCS1. The summed E-state index contributed by atoms with van der Waals surface area (Å²) in [5, 5.41) is 15.4. The maximum absolute atomic E-state index is 10.3. The molecule has 1 aliphatic rings. The average molecular weight is 261 g/mol. The Hall–Kier alpha value is -0.190. The van der Waals surface area contributed by atoms with Gasteiger partial charge in [-0.15, -0.1) is 0 Å². The minimum absolute atomic E-state index is 0.282. The molecule has 2 unspecified atom stereocenters. The number of thioether (sulfide) groups is 1. The quantitative estimate of drug-likeness (QED) is 0.905. The molecular weight excluding hydrogens is 244 g/mol. The number of rotatable bonds is 4. The van der Waals surface area contributed by atoms with Gasteiger partial charge in [0.25, 0.3) is 0 Å². The predicted octanol–water partition coefficient (Wildman–Crippen LogP) is 2.88. The molecule has 2 heterocycles. The van der Waals surface area contributed by atoms with E-state index in [2.05, 4.69) is 12.0 Å². The number of aliphatic hydroxyl groups is 1. The van der Waals surface area contributed by atoms with E-state index in [4.69, 9.17) is 11.6 Å². The van der Waals surface area contributed by atoms with Gasteiger partial charge in [-0.3, -0.25) is 4.68 Å². The van der Waals surface area contributed by atoms with Crippen LogP contribution in [0.1, 0.15) is 38.0 Å². The lowest BCUT2D eigenvalue weighted by Crippen LogP contribution is -2.17. The number of aryl methyl sites for hydroxylation is 1. The lowest BCUT2D eigenvalue weighted by Gasteiger charge is -2.18. The Labute approximate surface area is 105 Å². The van der Waals surface area contributed by atoms with Crippen molar-refractivity contribution in [3.63, 3.8) is 0 Å². The summed E-state index contributed by atoms with van der Waals surface area (Å²) in [5.41, 5.74) is 0.794. The van der Waals surface area contributed by atoms with Crippen LogP contribution in [0.5, 0.6) is 0 Å². The fourth-order valence-corrected chi connectivity index (χ4v) is 3.62. The monoisotopic (exact) mass is 260 g/mol. The van der Waals surface area contributed by atoms with Gasteiger partial charge >= 0.3 is 0 Å². The van der Waals surface area contributed by atoms with Crippen LogP contribution in [-0.4, -0.2) is 25.9 Å². The number of hydrogen-bond donors (Lipinski definition) is 1. The van der Waals surface area contributed by atoms with E-state index in [1.165, 1.54) is 6.42 Å². The van der Waals surface area contributed by atoms with Gasteiger partial charge in [0.05, 0.1) is 16.9 Å². The van der Waals surface area contributed by atoms with Gasteiger partial charge in [-0.2, -0.15) is 16.9 Å². The number of aromatic nitrogens is 2. The zero-order valence-corrected chi connectivity index (χ0v) is 11.0. The molecule has 0 spiro atoms. The van der Waals surface area contributed by atoms with Crippen LogP contribution in [-0.2, 0) is 6.54 Å². The molecule has 0 aliphatic carbocycles. The smallest absolute Gasteiger partial charge is 0.109 e. The number of hydrogen-bond acceptors (Lipinski definition) is 3. The molecule has 0 radical (unpaired) electrons. The summed E-state index contributed by atoms with van der Waals surface area (Å²) >= 11 is 7.94. The third-order valence-electron chi connectivity index (χ3n) is 2.87. The molecule has 1 aromatic rings. The first kappa shape index (κ1) is 12.3. The van der Waals surface area contributed by atoms with Gasteiger partial charge in [0.2, 0.25) is 0 Å². The number of aliphatic hydroxyl groups excluding tert-OH is 1. The largest absolute Gasteiger partial charge is 0.386 e. The van der Waals surface area contributed by atoms with Crippen LogP contribution in [0.25, 0.3) is 0 Å². The van der Waals surface area contributed by atoms with E-state index in [0.29, 0.717) is 5.02 Å².